The van der Waals surface area contributed by atoms with Gasteiger partial charge in [0.05, 0.1) is 0 Å². The Morgan fingerprint density at radius 3 is 2.77 bits per heavy atom. The van der Waals surface area contributed by atoms with E-state index in [1.165, 1.54) is 12.1 Å². The molecule has 0 saturated carbocycles. The lowest BCUT2D eigenvalue weighted by molar-refractivity contribution is -0.498. The predicted molar refractivity (Wildman–Crippen MR) is 49.9 cm³/mol. The van der Waals surface area contributed by atoms with Crippen molar-refractivity contribution in [3.63, 3.8) is 0 Å². The second-order valence-corrected chi connectivity index (χ2v) is 3.22. The van der Waals surface area contributed by atoms with E-state index in [2.05, 4.69) is 15.9 Å². The lowest BCUT2D eigenvalue weighted by Gasteiger charge is -2.01. The van der Waals surface area contributed by atoms with E-state index >= 15 is 0 Å². The lowest BCUT2D eigenvalue weighted by atomic mass is 10.1. The lowest BCUT2D eigenvalue weighted by Crippen LogP contribution is -2.02. The molecule has 0 amide bonds. The van der Waals surface area contributed by atoms with Crippen LogP contribution in [-0.4, -0.2) is 11.2 Å². The zero-order valence-corrected chi connectivity index (χ0v) is 8.02. The van der Waals surface area contributed by atoms with Crippen LogP contribution in [0.15, 0.2) is 24.3 Å². The van der Waals surface area contributed by atoms with Crippen molar-refractivity contribution >= 4 is 22.2 Å². The van der Waals surface area contributed by atoms with Crippen LogP contribution in [-0.2, 0) is 4.79 Å². The van der Waals surface area contributed by atoms with Crippen molar-refractivity contribution in [3.8, 4) is 0 Å². The van der Waals surface area contributed by atoms with Crippen LogP contribution in [0.5, 0.6) is 0 Å². The van der Waals surface area contributed by atoms with E-state index in [1.807, 2.05) is 0 Å². The van der Waals surface area contributed by atoms with Crippen LogP contribution in [0.2, 0.25) is 0 Å². The van der Waals surface area contributed by atoms with Crippen molar-refractivity contribution in [3.05, 3.63) is 45.5 Å². The van der Waals surface area contributed by atoms with Crippen molar-refractivity contribution in [2.45, 2.75) is 4.95 Å². The molecule has 5 heteroatoms. The summed E-state index contributed by atoms with van der Waals surface area (Å²) < 4.78 is 0. The Morgan fingerprint density at radius 1 is 1.54 bits per heavy atom. The second kappa shape index (κ2) is 4.13. The van der Waals surface area contributed by atoms with E-state index in [0.717, 1.165) is 0 Å². The van der Waals surface area contributed by atoms with E-state index < -0.39 is 9.87 Å². The zero-order valence-electron chi connectivity index (χ0n) is 6.44. The zero-order chi connectivity index (χ0) is 9.84. The van der Waals surface area contributed by atoms with Gasteiger partial charge in [0.1, 0.15) is 0 Å². The topological polar surface area (TPSA) is 60.2 Å². The van der Waals surface area contributed by atoms with Crippen LogP contribution in [0.1, 0.15) is 16.1 Å². The van der Waals surface area contributed by atoms with Gasteiger partial charge in [-0.25, -0.2) is 0 Å². The van der Waals surface area contributed by atoms with Crippen molar-refractivity contribution in [1.29, 1.82) is 0 Å². The summed E-state index contributed by atoms with van der Waals surface area (Å²) in [5.41, 5.74) is 0.745. The van der Waals surface area contributed by atoms with Crippen molar-refractivity contribution in [2.24, 2.45) is 0 Å². The van der Waals surface area contributed by atoms with Gasteiger partial charge in [0.15, 0.2) is 0 Å². The Morgan fingerprint density at radius 2 is 2.23 bits per heavy atom. The van der Waals surface area contributed by atoms with Crippen LogP contribution >= 0.6 is 15.9 Å². The third-order valence-electron chi connectivity index (χ3n) is 1.46. The first-order valence-electron chi connectivity index (χ1n) is 3.41. The van der Waals surface area contributed by atoms with Gasteiger partial charge in [-0.1, -0.05) is 18.2 Å². The SMILES string of the molecule is O=[C]c1cccc(C(Br)[N+](=O)[O-])c1. The molecule has 13 heavy (non-hydrogen) atoms. The number of carbonyl (C=O) groups excluding carboxylic acids is 1. The van der Waals surface area contributed by atoms with Crippen LogP contribution in [0.3, 0.4) is 0 Å². The maximum Gasteiger partial charge on any atom is 0.290 e. The highest BCUT2D eigenvalue weighted by Crippen LogP contribution is 2.23. The summed E-state index contributed by atoms with van der Waals surface area (Å²) in [7, 11) is 0. The largest absolute Gasteiger partial charge is 0.290 e. The summed E-state index contributed by atoms with van der Waals surface area (Å²) >= 11 is 2.88. The summed E-state index contributed by atoms with van der Waals surface area (Å²) in [6, 6.07) is 6.11. The minimum Gasteiger partial charge on any atom is -0.285 e. The highest BCUT2D eigenvalue weighted by atomic mass is 79.9. The monoisotopic (exact) mass is 242 g/mol. The average molecular weight is 243 g/mol. The molecule has 0 heterocycles. The van der Waals surface area contributed by atoms with Gasteiger partial charge in [0.25, 0.3) is 4.95 Å². The molecule has 1 aromatic rings. The summed E-state index contributed by atoms with van der Waals surface area (Å²) in [6.07, 6.45) is 1.67. The van der Waals surface area contributed by atoms with E-state index in [-0.39, 0.29) is 0 Å². The number of hydrogen-bond donors (Lipinski definition) is 0. The molecule has 0 fully saturated rings. The molecule has 0 spiro atoms. The Labute approximate surface area is 82.8 Å². The quantitative estimate of drug-likeness (QED) is 0.352. The molecule has 0 N–H and O–H groups in total. The maximum absolute atomic E-state index is 10.4. The maximum atomic E-state index is 10.4. The minimum absolute atomic E-state index is 0.309. The van der Waals surface area contributed by atoms with E-state index in [0.29, 0.717) is 11.1 Å². The van der Waals surface area contributed by atoms with Crippen LogP contribution in [0.4, 0.5) is 0 Å². The Hall–Kier alpha value is -1.23. The van der Waals surface area contributed by atoms with Gasteiger partial charge in [0, 0.05) is 32.0 Å². The van der Waals surface area contributed by atoms with Gasteiger partial charge < -0.3 is 0 Å². The molecule has 4 nitrogen and oxygen atoms in total. The van der Waals surface area contributed by atoms with Gasteiger partial charge >= 0.3 is 0 Å². The molecule has 1 aromatic carbocycles. The van der Waals surface area contributed by atoms with E-state index in [1.54, 1.807) is 18.4 Å². The molecule has 1 rings (SSSR count). The third kappa shape index (κ3) is 2.35. The first-order valence-corrected chi connectivity index (χ1v) is 4.32. The minimum atomic E-state index is -0.971. The fourth-order valence-corrected chi connectivity index (χ4v) is 1.16. The predicted octanol–water partition coefficient (Wildman–Crippen LogP) is 1.81. The van der Waals surface area contributed by atoms with Crippen LogP contribution in [0, 0.1) is 10.1 Å². The highest BCUT2D eigenvalue weighted by Gasteiger charge is 2.17. The molecule has 0 saturated heterocycles. The fraction of sp³-hybridized carbons (Fsp3) is 0.125. The number of nitro groups is 1. The van der Waals surface area contributed by atoms with Crippen molar-refractivity contribution in [2.75, 3.05) is 0 Å². The molecule has 0 aliphatic carbocycles. The number of benzene rings is 1. The molecule has 0 bridgehead atoms. The molecule has 0 aliphatic heterocycles. The molecular weight excluding hydrogens is 238 g/mol. The fourth-order valence-electron chi connectivity index (χ4n) is 0.872. The van der Waals surface area contributed by atoms with Gasteiger partial charge in [-0.2, -0.15) is 0 Å². The summed E-state index contributed by atoms with van der Waals surface area (Å²) in [5.74, 6) is 0. The first kappa shape index (κ1) is 9.85. The smallest absolute Gasteiger partial charge is 0.285 e. The van der Waals surface area contributed by atoms with Gasteiger partial charge in [0.2, 0.25) is 6.29 Å². The Kier molecular flexibility index (Phi) is 3.13. The van der Waals surface area contributed by atoms with Crippen molar-refractivity contribution in [1.82, 2.24) is 0 Å². The van der Waals surface area contributed by atoms with E-state index in [9.17, 15) is 14.9 Å². The number of hydrogen-bond acceptors (Lipinski definition) is 3. The Balaban J connectivity index is 3.01. The molecule has 0 aromatic heterocycles. The normalized spacial score (nSPS) is 12.1. The van der Waals surface area contributed by atoms with Crippen molar-refractivity contribution < 1.29 is 9.72 Å². The molecule has 1 unspecified atom stereocenters. The number of rotatable bonds is 3. The first-order chi connectivity index (χ1) is 6.15. The van der Waals surface area contributed by atoms with Gasteiger partial charge in [-0.05, 0) is 6.07 Å². The molecule has 1 radical (unpaired) electrons. The third-order valence-corrected chi connectivity index (χ3v) is 2.33. The standard InChI is InChI=1S/C8H5BrNO3/c9-8(10(12)13)7-3-1-2-6(4-7)5-11/h1-4,8H. The molecule has 67 valence electrons. The van der Waals surface area contributed by atoms with E-state index in [4.69, 9.17) is 0 Å². The molecular formula is C8H5BrNO3. The number of alkyl halides is 1. The van der Waals surface area contributed by atoms with Gasteiger partial charge in [-0.15, -0.1) is 0 Å². The van der Waals surface area contributed by atoms with Crippen LogP contribution in [0.25, 0.3) is 0 Å². The summed E-state index contributed by atoms with van der Waals surface area (Å²) in [6.45, 7) is 0. The summed E-state index contributed by atoms with van der Waals surface area (Å²) in [4.78, 5) is 19.1. The molecule has 0 aliphatic rings. The highest BCUT2D eigenvalue weighted by molar-refractivity contribution is 9.09. The number of nitrogens with zero attached hydrogens (tertiary/aromatic N) is 1. The summed E-state index contributed by atoms with van der Waals surface area (Å²) in [5, 5.41) is 10.4. The molecule has 1 atom stereocenters. The van der Waals surface area contributed by atoms with Gasteiger partial charge in [-0.3, -0.25) is 14.9 Å². The average Bonchev–Trinajstić information content (AvgIpc) is 2.16. The second-order valence-electron chi connectivity index (χ2n) is 2.35. The Bertz CT molecular complexity index is 340. The number of halogens is 1. The van der Waals surface area contributed by atoms with Crippen LogP contribution < -0.4 is 0 Å².